The highest BCUT2D eigenvalue weighted by molar-refractivity contribution is 7.92. The zero-order chi connectivity index (χ0) is 21.2. The summed E-state index contributed by atoms with van der Waals surface area (Å²) in [5.41, 5.74) is 0.174. The molecule has 0 saturated heterocycles. The lowest BCUT2D eigenvalue weighted by Crippen LogP contribution is -2.32. The molecule has 2 aromatic carbocycles. The van der Waals surface area contributed by atoms with Crippen molar-refractivity contribution in [3.63, 3.8) is 0 Å². The van der Waals surface area contributed by atoms with Crippen molar-refractivity contribution >= 4 is 19.9 Å². The van der Waals surface area contributed by atoms with Crippen LogP contribution in [0.1, 0.15) is 16.6 Å². The molecular weight excluding hydrogens is 424 g/mol. The van der Waals surface area contributed by atoms with Gasteiger partial charge in [-0.1, -0.05) is 0 Å². The molecule has 0 unspecified atom stereocenters. The monoisotopic (exact) mass is 441 g/mol. The van der Waals surface area contributed by atoms with Gasteiger partial charge in [0.15, 0.2) is 9.84 Å². The van der Waals surface area contributed by atoms with E-state index in [-0.39, 0.29) is 21.1 Å². The van der Waals surface area contributed by atoms with Crippen LogP contribution >= 0.6 is 0 Å². The van der Waals surface area contributed by atoms with Gasteiger partial charge in [0.05, 0.1) is 16.1 Å². The van der Waals surface area contributed by atoms with Crippen LogP contribution in [0.4, 0.5) is 8.78 Å². The molecule has 0 aliphatic rings. The summed E-state index contributed by atoms with van der Waals surface area (Å²) in [6.07, 6.45) is 1.27. The normalized spacial score (nSPS) is 13.3. The van der Waals surface area contributed by atoms with Gasteiger partial charge in [0.1, 0.15) is 22.6 Å². The molecule has 0 radical (unpaired) electrons. The summed E-state index contributed by atoms with van der Waals surface area (Å²) >= 11 is 0. The third-order valence-corrected chi connectivity index (χ3v) is 7.92. The van der Waals surface area contributed by atoms with Crippen molar-refractivity contribution in [1.29, 1.82) is 0 Å². The topological polar surface area (TPSA) is 93.4 Å². The lowest BCUT2D eigenvalue weighted by molar-refractivity contribution is 0.486. The van der Waals surface area contributed by atoms with Crippen molar-refractivity contribution < 1.29 is 30.0 Å². The van der Waals surface area contributed by atoms with E-state index in [1.54, 1.807) is 0 Å². The standard InChI is InChI=1S/C19H17F2NO5S2/c1-13-11-15(21)6-9-18(13)29(25,26)22-12-19(17-3-2-10-27-17)28(23,24)16-7-4-14(20)5-8-16/h2-11,19,22H,12H2,1H3/t19-/m1/s1. The maximum atomic E-state index is 13.3. The zero-order valence-electron chi connectivity index (χ0n) is 15.2. The van der Waals surface area contributed by atoms with Crippen LogP contribution in [0.2, 0.25) is 0 Å². The Balaban J connectivity index is 1.94. The van der Waals surface area contributed by atoms with Gasteiger partial charge in [0.25, 0.3) is 0 Å². The quantitative estimate of drug-likeness (QED) is 0.568. The van der Waals surface area contributed by atoms with Crippen molar-refractivity contribution in [3.8, 4) is 0 Å². The van der Waals surface area contributed by atoms with E-state index >= 15 is 0 Å². The predicted molar refractivity (Wildman–Crippen MR) is 101 cm³/mol. The van der Waals surface area contributed by atoms with Crippen LogP contribution in [0.3, 0.4) is 0 Å². The van der Waals surface area contributed by atoms with E-state index in [0.29, 0.717) is 0 Å². The molecule has 0 spiro atoms. The number of benzene rings is 2. The summed E-state index contributed by atoms with van der Waals surface area (Å²) in [7, 11) is -8.24. The fourth-order valence-corrected chi connectivity index (χ4v) is 5.77. The van der Waals surface area contributed by atoms with E-state index < -0.39 is 43.3 Å². The van der Waals surface area contributed by atoms with Crippen LogP contribution in [-0.4, -0.2) is 23.4 Å². The highest BCUT2D eigenvalue weighted by Crippen LogP contribution is 2.29. The Morgan fingerprint density at radius 1 is 0.966 bits per heavy atom. The van der Waals surface area contributed by atoms with Crippen molar-refractivity contribution in [3.05, 3.63) is 83.8 Å². The number of hydrogen-bond acceptors (Lipinski definition) is 5. The fraction of sp³-hybridized carbons (Fsp3) is 0.158. The minimum absolute atomic E-state index is 0.0212. The van der Waals surface area contributed by atoms with Gasteiger partial charge < -0.3 is 4.42 Å². The first kappa shape index (κ1) is 21.2. The number of halogens is 2. The second-order valence-corrected chi connectivity index (χ2v) is 10.1. The van der Waals surface area contributed by atoms with Crippen molar-refractivity contribution in [2.45, 2.75) is 22.0 Å². The lowest BCUT2D eigenvalue weighted by Gasteiger charge is -2.17. The highest BCUT2D eigenvalue weighted by atomic mass is 32.2. The largest absolute Gasteiger partial charge is 0.468 e. The molecule has 1 aromatic heterocycles. The van der Waals surface area contributed by atoms with Crippen molar-refractivity contribution in [1.82, 2.24) is 4.72 Å². The SMILES string of the molecule is Cc1cc(F)ccc1S(=O)(=O)NC[C@H](c1ccco1)S(=O)(=O)c1ccc(F)cc1. The third kappa shape index (κ3) is 4.55. The maximum absolute atomic E-state index is 13.3. The van der Waals surface area contributed by atoms with E-state index in [9.17, 15) is 25.6 Å². The van der Waals surface area contributed by atoms with Crippen molar-refractivity contribution in [2.24, 2.45) is 0 Å². The van der Waals surface area contributed by atoms with Gasteiger partial charge in [-0.05, 0) is 67.1 Å². The molecule has 0 fully saturated rings. The number of hydrogen-bond donors (Lipinski definition) is 1. The molecule has 29 heavy (non-hydrogen) atoms. The van der Waals surface area contributed by atoms with E-state index in [1.807, 2.05) is 0 Å². The van der Waals surface area contributed by atoms with Crippen molar-refractivity contribution in [2.75, 3.05) is 6.54 Å². The van der Waals surface area contributed by atoms with Gasteiger partial charge in [-0.3, -0.25) is 0 Å². The van der Waals surface area contributed by atoms with Crippen LogP contribution in [0.15, 0.2) is 75.1 Å². The lowest BCUT2D eigenvalue weighted by atomic mass is 10.2. The Kier molecular flexibility index (Phi) is 5.87. The Morgan fingerprint density at radius 2 is 1.62 bits per heavy atom. The molecular formula is C19H17F2NO5S2. The summed E-state index contributed by atoms with van der Waals surface area (Å²) in [6.45, 7) is 0.892. The third-order valence-electron chi connectivity index (χ3n) is 4.26. The van der Waals surface area contributed by atoms with Gasteiger partial charge in [0.2, 0.25) is 10.0 Å². The van der Waals surface area contributed by atoms with Gasteiger partial charge in [-0.25, -0.2) is 30.3 Å². The average Bonchev–Trinajstić information content (AvgIpc) is 3.15. The zero-order valence-corrected chi connectivity index (χ0v) is 16.8. The number of sulfone groups is 1. The highest BCUT2D eigenvalue weighted by Gasteiger charge is 2.33. The van der Waals surface area contributed by atoms with E-state index in [2.05, 4.69) is 4.72 Å². The molecule has 0 aliphatic carbocycles. The molecule has 1 heterocycles. The first-order chi connectivity index (χ1) is 13.6. The van der Waals surface area contributed by atoms with Crippen LogP contribution in [0.5, 0.6) is 0 Å². The molecule has 1 atom stereocenters. The molecule has 0 aliphatic heterocycles. The Labute approximate surface area is 167 Å². The number of sulfonamides is 1. The molecule has 0 amide bonds. The van der Waals surface area contributed by atoms with Gasteiger partial charge in [-0.15, -0.1) is 0 Å². The van der Waals surface area contributed by atoms with E-state index in [0.717, 1.165) is 42.5 Å². The second-order valence-electron chi connectivity index (χ2n) is 6.26. The number of rotatable bonds is 7. The van der Waals surface area contributed by atoms with E-state index in [4.69, 9.17) is 4.42 Å². The Morgan fingerprint density at radius 3 is 2.21 bits per heavy atom. The molecule has 6 nitrogen and oxygen atoms in total. The van der Waals surface area contributed by atoms with Crippen LogP contribution < -0.4 is 4.72 Å². The smallest absolute Gasteiger partial charge is 0.240 e. The van der Waals surface area contributed by atoms with Crippen LogP contribution in [0, 0.1) is 18.6 Å². The minimum Gasteiger partial charge on any atom is -0.468 e. The summed E-state index contributed by atoms with van der Waals surface area (Å²) in [4.78, 5) is -0.353. The Hall–Kier alpha value is -2.56. The molecule has 3 rings (SSSR count). The van der Waals surface area contributed by atoms with E-state index in [1.165, 1.54) is 25.3 Å². The molecule has 10 heteroatoms. The number of aryl methyl sites for hydroxylation is 1. The van der Waals surface area contributed by atoms with Crippen LogP contribution in [-0.2, 0) is 19.9 Å². The molecule has 154 valence electrons. The fourth-order valence-electron chi connectivity index (χ4n) is 2.80. The summed E-state index contributed by atoms with van der Waals surface area (Å²) in [5.74, 6) is -1.17. The maximum Gasteiger partial charge on any atom is 0.240 e. The first-order valence-electron chi connectivity index (χ1n) is 8.40. The molecule has 3 aromatic rings. The Bertz CT molecular complexity index is 1210. The van der Waals surface area contributed by atoms with Crippen LogP contribution in [0.25, 0.3) is 0 Å². The minimum atomic E-state index is -4.13. The van der Waals surface area contributed by atoms with Gasteiger partial charge in [0, 0.05) is 6.54 Å². The van der Waals surface area contributed by atoms with Gasteiger partial charge >= 0.3 is 0 Å². The number of nitrogens with one attached hydrogen (secondary N) is 1. The van der Waals surface area contributed by atoms with Gasteiger partial charge in [-0.2, -0.15) is 0 Å². The molecule has 0 bridgehead atoms. The average molecular weight is 441 g/mol. The number of furan rings is 1. The molecule has 1 N–H and O–H groups in total. The summed E-state index contributed by atoms with van der Waals surface area (Å²) < 4.78 is 85.3. The predicted octanol–water partition coefficient (Wildman–Crippen LogP) is 3.36. The first-order valence-corrected chi connectivity index (χ1v) is 11.4. The summed E-state index contributed by atoms with van der Waals surface area (Å²) in [6, 6.07) is 10.2. The molecule has 0 saturated carbocycles. The second kappa shape index (κ2) is 8.05. The summed E-state index contributed by atoms with van der Waals surface area (Å²) in [5, 5.41) is -1.39.